The summed E-state index contributed by atoms with van der Waals surface area (Å²) in [5.41, 5.74) is -0.235. The molecule has 2 amide bonds. The first-order chi connectivity index (χ1) is 8.90. The Morgan fingerprint density at radius 3 is 2.26 bits per heavy atom. The molecule has 0 saturated carbocycles. The lowest BCUT2D eigenvalue weighted by Gasteiger charge is -2.20. The molecule has 0 atom stereocenters. The predicted molar refractivity (Wildman–Crippen MR) is 74.8 cm³/mol. The smallest absolute Gasteiger partial charge is 0.315 e. The van der Waals surface area contributed by atoms with E-state index in [0.717, 1.165) is 11.5 Å². The first kappa shape index (κ1) is 15.1. The summed E-state index contributed by atoms with van der Waals surface area (Å²) in [6.07, 6.45) is 0. The number of amides is 2. The summed E-state index contributed by atoms with van der Waals surface area (Å²) >= 11 is 0. The van der Waals surface area contributed by atoms with Crippen molar-refractivity contribution in [3.8, 4) is 11.5 Å². The molecule has 2 N–H and O–H groups in total. The van der Waals surface area contributed by atoms with Crippen molar-refractivity contribution in [1.29, 1.82) is 0 Å². The van der Waals surface area contributed by atoms with E-state index in [1.807, 2.05) is 45.0 Å². The van der Waals surface area contributed by atoms with Crippen LogP contribution >= 0.6 is 0 Å². The van der Waals surface area contributed by atoms with Gasteiger partial charge in [-0.05, 0) is 45.0 Å². The molecule has 0 aliphatic heterocycles. The van der Waals surface area contributed by atoms with Crippen LogP contribution in [0.5, 0.6) is 11.5 Å². The number of benzene rings is 1. The molecule has 0 aliphatic rings. The topological polar surface area (TPSA) is 59.6 Å². The number of carbonyl (C=O) groups excluding carboxylic acids is 1. The summed E-state index contributed by atoms with van der Waals surface area (Å²) in [5.74, 6) is 1.54. The molecule has 0 heterocycles. The molecule has 0 radical (unpaired) electrons. The van der Waals surface area contributed by atoms with Gasteiger partial charge in [-0.2, -0.15) is 0 Å². The minimum absolute atomic E-state index is 0.189. The van der Waals surface area contributed by atoms with Gasteiger partial charge in [-0.15, -0.1) is 0 Å². The normalized spacial score (nSPS) is 10.7. The lowest BCUT2D eigenvalue weighted by molar-refractivity contribution is 0.228. The number of hydrogen-bond donors (Lipinski definition) is 2. The van der Waals surface area contributed by atoms with E-state index in [-0.39, 0.29) is 11.6 Å². The van der Waals surface area contributed by atoms with Gasteiger partial charge < -0.3 is 20.1 Å². The first-order valence-corrected chi connectivity index (χ1v) is 6.23. The van der Waals surface area contributed by atoms with Crippen LogP contribution in [0.15, 0.2) is 24.3 Å². The molecule has 0 aliphatic carbocycles. The zero-order chi connectivity index (χ0) is 14.3. The highest BCUT2D eigenvalue weighted by atomic mass is 16.5. The van der Waals surface area contributed by atoms with Crippen LogP contribution in [0.1, 0.15) is 20.8 Å². The lowest BCUT2D eigenvalue weighted by atomic mass is 10.1. The van der Waals surface area contributed by atoms with Crippen LogP contribution in [0.25, 0.3) is 0 Å². The van der Waals surface area contributed by atoms with Crippen molar-refractivity contribution in [2.45, 2.75) is 26.3 Å². The monoisotopic (exact) mass is 266 g/mol. The molecule has 5 nitrogen and oxygen atoms in total. The number of nitrogens with one attached hydrogen (secondary N) is 2. The van der Waals surface area contributed by atoms with Gasteiger partial charge in [0.05, 0.1) is 13.7 Å². The van der Waals surface area contributed by atoms with Crippen molar-refractivity contribution in [3.05, 3.63) is 24.3 Å². The molecule has 19 heavy (non-hydrogen) atoms. The third-order valence-electron chi connectivity index (χ3n) is 2.20. The highest BCUT2D eigenvalue weighted by Crippen LogP contribution is 2.16. The Balaban J connectivity index is 2.21. The number of carbonyl (C=O) groups is 1. The summed E-state index contributed by atoms with van der Waals surface area (Å²) in [6.45, 7) is 6.67. The number of methoxy groups -OCH3 is 1. The van der Waals surface area contributed by atoms with E-state index in [4.69, 9.17) is 9.47 Å². The van der Waals surface area contributed by atoms with Crippen molar-refractivity contribution in [2.75, 3.05) is 20.3 Å². The molecule has 0 saturated heterocycles. The zero-order valence-corrected chi connectivity index (χ0v) is 11.9. The maximum Gasteiger partial charge on any atom is 0.315 e. The van der Waals surface area contributed by atoms with Gasteiger partial charge in [-0.1, -0.05) is 0 Å². The molecule has 1 aromatic carbocycles. The van der Waals surface area contributed by atoms with Gasteiger partial charge in [-0.25, -0.2) is 4.79 Å². The second-order valence-corrected chi connectivity index (χ2v) is 5.15. The number of rotatable bonds is 5. The minimum atomic E-state index is -0.235. The molecule has 106 valence electrons. The molecule has 1 rings (SSSR count). The third kappa shape index (κ3) is 6.55. The fourth-order valence-electron chi connectivity index (χ4n) is 1.39. The minimum Gasteiger partial charge on any atom is -0.497 e. The fraction of sp³-hybridized carbons (Fsp3) is 0.500. The highest BCUT2D eigenvalue weighted by Gasteiger charge is 2.12. The lowest BCUT2D eigenvalue weighted by Crippen LogP contribution is -2.47. The quantitative estimate of drug-likeness (QED) is 0.803. The van der Waals surface area contributed by atoms with Gasteiger partial charge in [0, 0.05) is 5.54 Å². The zero-order valence-electron chi connectivity index (χ0n) is 11.9. The van der Waals surface area contributed by atoms with Crippen molar-refractivity contribution in [3.63, 3.8) is 0 Å². The van der Waals surface area contributed by atoms with Gasteiger partial charge in [-0.3, -0.25) is 0 Å². The number of ether oxygens (including phenoxy) is 2. The second-order valence-electron chi connectivity index (χ2n) is 5.15. The van der Waals surface area contributed by atoms with Gasteiger partial charge >= 0.3 is 6.03 Å². The van der Waals surface area contributed by atoms with E-state index in [2.05, 4.69) is 10.6 Å². The van der Waals surface area contributed by atoms with Crippen LogP contribution in [0.4, 0.5) is 4.79 Å². The molecule has 0 unspecified atom stereocenters. The van der Waals surface area contributed by atoms with Crippen LogP contribution in [-0.4, -0.2) is 31.8 Å². The average molecular weight is 266 g/mol. The van der Waals surface area contributed by atoms with Gasteiger partial charge in [0.1, 0.15) is 18.1 Å². The third-order valence-corrected chi connectivity index (χ3v) is 2.20. The van der Waals surface area contributed by atoms with E-state index in [0.29, 0.717) is 13.2 Å². The van der Waals surface area contributed by atoms with Gasteiger partial charge in [0.15, 0.2) is 0 Å². The van der Waals surface area contributed by atoms with E-state index in [9.17, 15) is 4.79 Å². The number of hydrogen-bond acceptors (Lipinski definition) is 3. The summed E-state index contributed by atoms with van der Waals surface area (Å²) in [6, 6.07) is 7.12. The Bertz CT molecular complexity index is 396. The van der Waals surface area contributed by atoms with Crippen molar-refractivity contribution >= 4 is 6.03 Å². The molecular formula is C14H22N2O3. The first-order valence-electron chi connectivity index (χ1n) is 6.23. The number of urea groups is 1. The fourth-order valence-corrected chi connectivity index (χ4v) is 1.39. The Labute approximate surface area is 114 Å². The molecule has 0 aromatic heterocycles. The van der Waals surface area contributed by atoms with E-state index < -0.39 is 0 Å². The maximum absolute atomic E-state index is 11.5. The molecular weight excluding hydrogens is 244 g/mol. The van der Waals surface area contributed by atoms with Crippen molar-refractivity contribution < 1.29 is 14.3 Å². The van der Waals surface area contributed by atoms with Gasteiger partial charge in [0.25, 0.3) is 0 Å². The molecule has 5 heteroatoms. The van der Waals surface area contributed by atoms with Gasteiger partial charge in [0.2, 0.25) is 0 Å². The Hall–Kier alpha value is -1.91. The van der Waals surface area contributed by atoms with E-state index >= 15 is 0 Å². The molecule has 0 bridgehead atoms. The predicted octanol–water partition coefficient (Wildman–Crippen LogP) is 2.17. The summed E-state index contributed by atoms with van der Waals surface area (Å²) in [4.78, 5) is 11.5. The molecule has 0 spiro atoms. The largest absolute Gasteiger partial charge is 0.497 e. The second kappa shape index (κ2) is 6.87. The van der Waals surface area contributed by atoms with Crippen LogP contribution in [0.3, 0.4) is 0 Å². The highest BCUT2D eigenvalue weighted by molar-refractivity contribution is 5.74. The molecule has 0 fully saturated rings. The summed E-state index contributed by atoms with van der Waals surface area (Å²) < 4.78 is 10.5. The maximum atomic E-state index is 11.5. The summed E-state index contributed by atoms with van der Waals surface area (Å²) in [7, 11) is 1.62. The molecule has 1 aromatic rings. The van der Waals surface area contributed by atoms with Crippen molar-refractivity contribution in [1.82, 2.24) is 10.6 Å². The average Bonchev–Trinajstić information content (AvgIpc) is 2.33. The van der Waals surface area contributed by atoms with Crippen LogP contribution in [0.2, 0.25) is 0 Å². The standard InChI is InChI=1S/C14H22N2O3/c1-14(2,3)16-13(17)15-9-10-19-12-7-5-11(18-4)6-8-12/h5-8H,9-10H2,1-4H3,(H2,15,16,17). The Morgan fingerprint density at radius 2 is 1.74 bits per heavy atom. The van der Waals surface area contributed by atoms with Crippen LogP contribution in [-0.2, 0) is 0 Å². The van der Waals surface area contributed by atoms with E-state index in [1.54, 1.807) is 7.11 Å². The van der Waals surface area contributed by atoms with Crippen LogP contribution in [0, 0.1) is 0 Å². The SMILES string of the molecule is COc1ccc(OCCNC(=O)NC(C)(C)C)cc1. The Morgan fingerprint density at radius 1 is 1.16 bits per heavy atom. The summed E-state index contributed by atoms with van der Waals surface area (Å²) in [5, 5.41) is 5.54. The van der Waals surface area contributed by atoms with E-state index in [1.165, 1.54) is 0 Å². The van der Waals surface area contributed by atoms with Crippen LogP contribution < -0.4 is 20.1 Å². The Kier molecular flexibility index (Phi) is 5.48. The van der Waals surface area contributed by atoms with Crippen molar-refractivity contribution in [2.24, 2.45) is 0 Å².